The van der Waals surface area contributed by atoms with E-state index in [1.165, 1.54) is 0 Å². The molecule has 0 aromatic carbocycles. The predicted octanol–water partition coefficient (Wildman–Crippen LogP) is 0.825. The number of aromatic nitrogens is 1. The Kier molecular flexibility index (Phi) is 3.51. The molecule has 0 unspecified atom stereocenters. The van der Waals surface area contributed by atoms with Crippen molar-refractivity contribution >= 4 is 0 Å². The summed E-state index contributed by atoms with van der Waals surface area (Å²) in [5, 5.41) is 0. The molecule has 0 aliphatic heterocycles. The van der Waals surface area contributed by atoms with Gasteiger partial charge in [-0.15, -0.1) is 12.4 Å². The molecule has 0 bridgehead atoms. The molecule has 0 saturated heterocycles. The number of hydrogen-bond acceptors (Lipinski definition) is 0. The number of hydrogen-bond donors (Lipinski definition) is 0. The third kappa shape index (κ3) is 2.21. The fourth-order valence-electron chi connectivity index (χ4n) is 0.364. The fourth-order valence-corrected chi connectivity index (χ4v) is 0.364. The summed E-state index contributed by atoms with van der Waals surface area (Å²) in [6.45, 7) is 0. The van der Waals surface area contributed by atoms with Crippen molar-refractivity contribution < 1.29 is 31.1 Å². The van der Waals surface area contributed by atoms with Gasteiger partial charge in [0.25, 0.3) is 0 Å². The molecule has 0 aliphatic carbocycles. The van der Waals surface area contributed by atoms with Gasteiger partial charge < -0.3 is 4.57 Å². The van der Waals surface area contributed by atoms with Crippen LogP contribution in [-0.2, 0) is 7.05 Å². The van der Waals surface area contributed by atoms with Crippen molar-refractivity contribution in [3.63, 3.8) is 0 Å². The fraction of sp³-hybridized carbons (Fsp3) is 0.200. The van der Waals surface area contributed by atoms with E-state index in [0.717, 1.165) is 0 Å². The van der Waals surface area contributed by atoms with Crippen molar-refractivity contribution in [1.29, 1.82) is 0 Å². The van der Waals surface area contributed by atoms with Crippen LogP contribution in [0.15, 0.2) is 18.5 Å². The van der Waals surface area contributed by atoms with Crippen molar-refractivity contribution in [2.45, 2.75) is 0 Å². The third-order valence-corrected chi connectivity index (χ3v) is 0.684. The molecule has 2 heteroatoms. The minimum atomic E-state index is 0. The van der Waals surface area contributed by atoms with Crippen LogP contribution in [0.25, 0.3) is 0 Å². The van der Waals surface area contributed by atoms with Gasteiger partial charge in [-0.25, -0.2) is 12.1 Å². The first-order valence-electron chi connectivity index (χ1n) is 1.87. The SMILES string of the molecule is Cn1c[c-]cc1.[U]. The van der Waals surface area contributed by atoms with E-state index < -0.39 is 0 Å². The van der Waals surface area contributed by atoms with Crippen LogP contribution in [0, 0.1) is 37.2 Å². The minimum Gasteiger partial charge on any atom is -0.451 e. The zero-order chi connectivity index (χ0) is 4.41. The average molecular weight is 318 g/mol. The summed E-state index contributed by atoms with van der Waals surface area (Å²) >= 11 is 0. The summed E-state index contributed by atoms with van der Waals surface area (Å²) in [6, 6.07) is 4.77. The molecular formula is C5H6NU-. The molecule has 0 fully saturated rings. The van der Waals surface area contributed by atoms with E-state index in [1.54, 1.807) is 0 Å². The van der Waals surface area contributed by atoms with E-state index in [9.17, 15) is 0 Å². The van der Waals surface area contributed by atoms with Gasteiger partial charge in [-0.3, -0.25) is 0 Å². The van der Waals surface area contributed by atoms with Crippen LogP contribution < -0.4 is 0 Å². The van der Waals surface area contributed by atoms with Gasteiger partial charge in [0.15, 0.2) is 0 Å². The molecule has 1 nitrogen and oxygen atoms in total. The van der Waals surface area contributed by atoms with Crippen LogP contribution in [-0.4, -0.2) is 4.57 Å². The van der Waals surface area contributed by atoms with Crippen molar-refractivity contribution in [2.24, 2.45) is 7.05 Å². The Bertz CT molecular complexity index is 112. The second kappa shape index (κ2) is 3.35. The van der Waals surface area contributed by atoms with Crippen molar-refractivity contribution in [3.8, 4) is 0 Å². The maximum atomic E-state index is 2.89. The standard InChI is InChI=1S/C5H6N.U/c1-6-4-2-3-5-6;/h2,4-5H,1H3;/q-1;. The summed E-state index contributed by atoms with van der Waals surface area (Å²) in [6.07, 6.45) is 3.82. The molecular weight excluding hydrogens is 312 g/mol. The molecule has 0 aliphatic rings. The van der Waals surface area contributed by atoms with Gasteiger partial charge >= 0.3 is 0 Å². The normalized spacial score (nSPS) is 7.57. The predicted molar refractivity (Wildman–Crippen MR) is 24.2 cm³/mol. The van der Waals surface area contributed by atoms with Gasteiger partial charge in [-0.2, -0.15) is 0 Å². The molecule has 0 radical (unpaired) electrons. The molecule has 7 heavy (non-hydrogen) atoms. The Morgan fingerprint density at radius 3 is 2.43 bits per heavy atom. The smallest absolute Gasteiger partial charge is 0 e. The van der Waals surface area contributed by atoms with E-state index in [2.05, 4.69) is 6.07 Å². The Morgan fingerprint density at radius 2 is 2.29 bits per heavy atom. The monoisotopic (exact) mass is 318 g/mol. The second-order valence-corrected chi connectivity index (χ2v) is 1.28. The Hall–Kier alpha value is 0.332. The number of nitrogens with zero attached hydrogens (tertiary/aromatic N) is 1. The summed E-state index contributed by atoms with van der Waals surface area (Å²) in [7, 11) is 1.97. The summed E-state index contributed by atoms with van der Waals surface area (Å²) in [5.74, 6) is 0. The Morgan fingerprint density at radius 1 is 1.57 bits per heavy atom. The zero-order valence-corrected chi connectivity index (χ0v) is 8.34. The van der Waals surface area contributed by atoms with E-state index in [-0.39, 0.29) is 31.1 Å². The van der Waals surface area contributed by atoms with Crippen LogP contribution in [0.1, 0.15) is 0 Å². The van der Waals surface area contributed by atoms with Crippen LogP contribution in [0.2, 0.25) is 0 Å². The van der Waals surface area contributed by atoms with Crippen LogP contribution in [0.4, 0.5) is 0 Å². The zero-order valence-electron chi connectivity index (χ0n) is 4.18. The van der Waals surface area contributed by atoms with Gasteiger partial charge in [-0.1, -0.05) is 0 Å². The van der Waals surface area contributed by atoms with Gasteiger partial charge in [-0.05, 0) is 7.05 Å². The van der Waals surface area contributed by atoms with Crippen LogP contribution in [0.5, 0.6) is 0 Å². The molecule has 0 atom stereocenters. The number of rotatable bonds is 0. The summed E-state index contributed by atoms with van der Waals surface area (Å²) in [4.78, 5) is 0. The third-order valence-electron chi connectivity index (χ3n) is 0.684. The largest absolute Gasteiger partial charge is 0.451 e. The average Bonchev–Trinajstić information content (AvgIpc) is 1.86. The van der Waals surface area contributed by atoms with Gasteiger partial charge in [0.05, 0.1) is 0 Å². The van der Waals surface area contributed by atoms with E-state index in [0.29, 0.717) is 0 Å². The molecule has 0 amide bonds. The second-order valence-electron chi connectivity index (χ2n) is 1.28. The number of aryl methyl sites for hydroxylation is 1. The van der Waals surface area contributed by atoms with Crippen molar-refractivity contribution in [2.75, 3.05) is 0 Å². The first-order valence-corrected chi connectivity index (χ1v) is 1.87. The Balaban J connectivity index is 0.000000360. The molecule has 0 N–H and O–H groups in total. The molecule has 1 rings (SSSR count). The van der Waals surface area contributed by atoms with Crippen LogP contribution >= 0.6 is 0 Å². The molecule has 36 valence electrons. The topological polar surface area (TPSA) is 4.93 Å². The summed E-state index contributed by atoms with van der Waals surface area (Å²) in [5.41, 5.74) is 0. The quantitative estimate of drug-likeness (QED) is 0.625. The molecule has 0 saturated carbocycles. The van der Waals surface area contributed by atoms with Gasteiger partial charge in [0.2, 0.25) is 0 Å². The first-order chi connectivity index (χ1) is 2.89. The van der Waals surface area contributed by atoms with Crippen molar-refractivity contribution in [3.05, 3.63) is 24.5 Å². The molecule has 1 heterocycles. The maximum absolute atomic E-state index is 2.89. The molecule has 0 spiro atoms. The van der Waals surface area contributed by atoms with E-state index in [4.69, 9.17) is 0 Å². The first kappa shape index (κ1) is 7.33. The van der Waals surface area contributed by atoms with Crippen molar-refractivity contribution in [1.82, 2.24) is 4.57 Å². The van der Waals surface area contributed by atoms with Crippen LogP contribution in [0.3, 0.4) is 0 Å². The molecule has 1 aromatic rings. The minimum absolute atomic E-state index is 0. The summed E-state index contributed by atoms with van der Waals surface area (Å²) < 4.78 is 1.94. The van der Waals surface area contributed by atoms with Gasteiger partial charge in [0, 0.05) is 31.1 Å². The van der Waals surface area contributed by atoms with E-state index in [1.807, 2.05) is 30.1 Å². The van der Waals surface area contributed by atoms with E-state index >= 15 is 0 Å². The maximum Gasteiger partial charge on any atom is 0 e. The Labute approximate surface area is 67.1 Å². The molecule has 1 aromatic heterocycles. The van der Waals surface area contributed by atoms with Gasteiger partial charge in [0.1, 0.15) is 0 Å².